The molecule has 2 N–H and O–H groups in total. The second-order valence-corrected chi connectivity index (χ2v) is 4.36. The van der Waals surface area contributed by atoms with E-state index in [1.807, 2.05) is 0 Å². The van der Waals surface area contributed by atoms with E-state index in [4.69, 9.17) is 0 Å². The normalized spacial score (nSPS) is 10.7. The first-order chi connectivity index (χ1) is 10.4. The van der Waals surface area contributed by atoms with Crippen LogP contribution in [0, 0.1) is 10.1 Å². The van der Waals surface area contributed by atoms with E-state index in [2.05, 4.69) is 22.4 Å². The molecule has 0 unspecified atom stereocenters. The number of rotatable bonds is 7. The zero-order valence-electron chi connectivity index (χ0n) is 12.0. The third-order valence-corrected chi connectivity index (χ3v) is 2.53. The number of carbonyl (C=O) groups excluding carboxylic acids is 2. The molecule has 1 rings (SSSR count). The van der Waals surface area contributed by atoms with Gasteiger partial charge in [0.25, 0.3) is 11.6 Å². The lowest BCUT2D eigenvalue weighted by atomic mass is 10.2. The minimum atomic E-state index is -0.588. The number of hydrogen-bond donors (Lipinski definition) is 2. The van der Waals surface area contributed by atoms with Gasteiger partial charge in [0.05, 0.1) is 11.3 Å². The summed E-state index contributed by atoms with van der Waals surface area (Å²) in [6, 6.07) is 5.28. The van der Waals surface area contributed by atoms with Gasteiger partial charge in [0, 0.05) is 30.0 Å². The smallest absolute Gasteiger partial charge is 0.271 e. The molecule has 0 bridgehead atoms. The Hall–Kier alpha value is -3.03. The zero-order chi connectivity index (χ0) is 16.5. The third kappa shape index (κ3) is 5.53. The van der Waals surface area contributed by atoms with Crippen molar-refractivity contribution in [3.63, 3.8) is 0 Å². The van der Waals surface area contributed by atoms with Gasteiger partial charge < -0.3 is 5.32 Å². The molecule has 8 nitrogen and oxygen atoms in total. The summed E-state index contributed by atoms with van der Waals surface area (Å²) in [5.41, 5.74) is 2.59. The Labute approximate surface area is 127 Å². The second-order valence-electron chi connectivity index (χ2n) is 4.36. The SMILES string of the molecule is C=CCNC(=O)CC(C)=NNC(=O)c1cccc([N+](=O)[O-])c1. The Balaban J connectivity index is 2.62. The molecule has 0 aliphatic heterocycles. The van der Waals surface area contributed by atoms with E-state index in [9.17, 15) is 19.7 Å². The van der Waals surface area contributed by atoms with Crippen LogP contribution in [0.4, 0.5) is 5.69 Å². The molecule has 0 heterocycles. The zero-order valence-corrected chi connectivity index (χ0v) is 12.0. The lowest BCUT2D eigenvalue weighted by Gasteiger charge is -2.03. The lowest BCUT2D eigenvalue weighted by Crippen LogP contribution is -2.26. The summed E-state index contributed by atoms with van der Waals surface area (Å²) in [6.07, 6.45) is 1.58. The van der Waals surface area contributed by atoms with Gasteiger partial charge in [-0.25, -0.2) is 5.43 Å². The highest BCUT2D eigenvalue weighted by Gasteiger charge is 2.11. The van der Waals surface area contributed by atoms with E-state index in [1.165, 1.54) is 18.2 Å². The van der Waals surface area contributed by atoms with Crippen molar-refractivity contribution in [1.29, 1.82) is 0 Å². The van der Waals surface area contributed by atoms with Crippen molar-refractivity contribution < 1.29 is 14.5 Å². The molecule has 0 aliphatic rings. The van der Waals surface area contributed by atoms with Crippen molar-refractivity contribution in [2.24, 2.45) is 5.10 Å². The summed E-state index contributed by atoms with van der Waals surface area (Å²) in [4.78, 5) is 33.3. The highest BCUT2D eigenvalue weighted by molar-refractivity contribution is 6.01. The molecule has 0 radical (unpaired) electrons. The van der Waals surface area contributed by atoms with Crippen molar-refractivity contribution in [3.8, 4) is 0 Å². The number of carbonyl (C=O) groups is 2. The summed E-state index contributed by atoms with van der Waals surface area (Å²) in [5.74, 6) is -0.833. The number of hydrogen-bond acceptors (Lipinski definition) is 5. The number of nitro groups is 1. The van der Waals surface area contributed by atoms with Crippen LogP contribution in [0.25, 0.3) is 0 Å². The van der Waals surface area contributed by atoms with Gasteiger partial charge >= 0.3 is 0 Å². The first-order valence-electron chi connectivity index (χ1n) is 6.39. The van der Waals surface area contributed by atoms with E-state index in [-0.39, 0.29) is 23.6 Å². The molecule has 2 amide bonds. The fourth-order valence-corrected chi connectivity index (χ4v) is 1.49. The quantitative estimate of drug-likeness (QED) is 0.343. The topological polar surface area (TPSA) is 114 Å². The summed E-state index contributed by atoms with van der Waals surface area (Å²) in [5, 5.41) is 17.0. The van der Waals surface area contributed by atoms with Gasteiger partial charge in [0.2, 0.25) is 5.91 Å². The maximum atomic E-state index is 11.8. The van der Waals surface area contributed by atoms with E-state index in [0.29, 0.717) is 12.3 Å². The molecule has 0 aromatic heterocycles. The summed E-state index contributed by atoms with van der Waals surface area (Å²) < 4.78 is 0. The van der Waals surface area contributed by atoms with E-state index in [1.54, 1.807) is 13.0 Å². The first kappa shape index (κ1) is 17.0. The van der Waals surface area contributed by atoms with Crippen molar-refractivity contribution in [2.45, 2.75) is 13.3 Å². The number of nitrogens with one attached hydrogen (secondary N) is 2. The molecule has 0 saturated heterocycles. The van der Waals surface area contributed by atoms with Crippen LogP contribution in [0.5, 0.6) is 0 Å². The molecule has 22 heavy (non-hydrogen) atoms. The average Bonchev–Trinajstić information content (AvgIpc) is 2.50. The molecular formula is C14H16N4O4. The summed E-state index contributed by atoms with van der Waals surface area (Å²) in [6.45, 7) is 5.41. The van der Waals surface area contributed by atoms with Gasteiger partial charge in [-0.05, 0) is 13.0 Å². The molecule has 0 aliphatic carbocycles. The Bertz CT molecular complexity index is 625. The van der Waals surface area contributed by atoms with Crippen LogP contribution in [-0.4, -0.2) is 29.0 Å². The number of non-ortho nitro benzene ring substituents is 1. The molecule has 0 atom stereocenters. The predicted molar refractivity (Wildman–Crippen MR) is 81.5 cm³/mol. The molecule has 1 aromatic rings. The predicted octanol–water partition coefficient (Wildman–Crippen LogP) is 1.39. The fraction of sp³-hybridized carbons (Fsp3) is 0.214. The molecular weight excluding hydrogens is 288 g/mol. The van der Waals surface area contributed by atoms with Gasteiger partial charge in [-0.1, -0.05) is 12.1 Å². The van der Waals surface area contributed by atoms with Crippen LogP contribution in [-0.2, 0) is 4.79 Å². The maximum absolute atomic E-state index is 11.8. The highest BCUT2D eigenvalue weighted by Crippen LogP contribution is 2.12. The van der Waals surface area contributed by atoms with Gasteiger partial charge in [0.1, 0.15) is 0 Å². The van der Waals surface area contributed by atoms with Crippen molar-refractivity contribution in [3.05, 3.63) is 52.6 Å². The van der Waals surface area contributed by atoms with Crippen LogP contribution >= 0.6 is 0 Å². The minimum absolute atomic E-state index is 0.0308. The fourth-order valence-electron chi connectivity index (χ4n) is 1.49. The monoisotopic (exact) mass is 304 g/mol. The standard InChI is InChI=1S/C14H16N4O4/c1-3-7-15-13(19)8-10(2)16-17-14(20)11-5-4-6-12(9-11)18(21)22/h3-6,9H,1,7-8H2,2H3,(H,15,19)(H,17,20). The number of amides is 2. The summed E-state index contributed by atoms with van der Waals surface area (Å²) >= 11 is 0. The molecule has 0 saturated carbocycles. The first-order valence-corrected chi connectivity index (χ1v) is 6.39. The maximum Gasteiger partial charge on any atom is 0.271 e. The second kappa shape index (κ2) is 8.30. The van der Waals surface area contributed by atoms with Gasteiger partial charge in [0.15, 0.2) is 0 Å². The summed E-state index contributed by atoms with van der Waals surface area (Å²) in [7, 11) is 0. The van der Waals surface area contributed by atoms with Crippen LogP contribution in [0.1, 0.15) is 23.7 Å². The van der Waals surface area contributed by atoms with E-state index >= 15 is 0 Å². The lowest BCUT2D eigenvalue weighted by molar-refractivity contribution is -0.384. The number of hydrazone groups is 1. The molecule has 1 aromatic carbocycles. The third-order valence-electron chi connectivity index (χ3n) is 2.53. The molecule has 0 fully saturated rings. The average molecular weight is 304 g/mol. The Morgan fingerprint density at radius 2 is 2.18 bits per heavy atom. The molecule has 116 valence electrons. The van der Waals surface area contributed by atoms with Gasteiger partial charge in [-0.15, -0.1) is 6.58 Å². The molecule has 8 heteroatoms. The van der Waals surface area contributed by atoms with Crippen LogP contribution < -0.4 is 10.7 Å². The van der Waals surface area contributed by atoms with Crippen LogP contribution in [0.2, 0.25) is 0 Å². The van der Waals surface area contributed by atoms with Crippen LogP contribution in [0.15, 0.2) is 42.0 Å². The highest BCUT2D eigenvalue weighted by atomic mass is 16.6. The number of benzene rings is 1. The van der Waals surface area contributed by atoms with Crippen molar-refractivity contribution >= 4 is 23.2 Å². The van der Waals surface area contributed by atoms with E-state index in [0.717, 1.165) is 6.07 Å². The largest absolute Gasteiger partial charge is 0.352 e. The Morgan fingerprint density at radius 1 is 1.45 bits per heavy atom. The Morgan fingerprint density at radius 3 is 2.82 bits per heavy atom. The van der Waals surface area contributed by atoms with Gasteiger partial charge in [-0.2, -0.15) is 5.10 Å². The molecule has 0 spiro atoms. The van der Waals surface area contributed by atoms with Gasteiger partial charge in [-0.3, -0.25) is 19.7 Å². The Kier molecular flexibility index (Phi) is 6.42. The van der Waals surface area contributed by atoms with E-state index < -0.39 is 10.8 Å². The number of nitro benzene ring substituents is 1. The van der Waals surface area contributed by atoms with Crippen LogP contribution in [0.3, 0.4) is 0 Å². The minimum Gasteiger partial charge on any atom is -0.352 e. The van der Waals surface area contributed by atoms with Crippen molar-refractivity contribution in [2.75, 3.05) is 6.54 Å². The van der Waals surface area contributed by atoms with Crippen molar-refractivity contribution in [1.82, 2.24) is 10.7 Å². The number of nitrogens with zero attached hydrogens (tertiary/aromatic N) is 2.